The monoisotopic (exact) mass is 337 g/mol. The first-order valence-corrected chi connectivity index (χ1v) is 9.66. The Labute approximate surface area is 142 Å². The molecule has 0 bridgehead atoms. The van der Waals surface area contributed by atoms with E-state index in [2.05, 4.69) is 15.6 Å². The van der Waals surface area contributed by atoms with E-state index >= 15 is 0 Å². The smallest absolute Gasteiger partial charge is 0.191 e. The molecule has 0 aliphatic carbocycles. The topological polar surface area (TPSA) is 58.8 Å². The lowest BCUT2D eigenvalue weighted by molar-refractivity contribution is -0.0911. The van der Waals surface area contributed by atoms with Crippen LogP contribution >= 0.6 is 11.8 Å². The minimum absolute atomic E-state index is 0.105. The summed E-state index contributed by atoms with van der Waals surface area (Å²) in [6.45, 7) is 1.67. The predicted octanol–water partition coefficient (Wildman–Crippen LogP) is 2.43. The van der Waals surface area contributed by atoms with Crippen LogP contribution in [0.15, 0.2) is 27.8 Å². The molecule has 2 N–H and O–H groups in total. The van der Waals surface area contributed by atoms with Crippen LogP contribution in [-0.4, -0.2) is 49.3 Å². The Kier molecular flexibility index (Phi) is 5.89. The first kappa shape index (κ1) is 16.7. The number of thioether (sulfide) groups is 1. The number of nitrogens with one attached hydrogen (secondary N) is 2. The maximum atomic E-state index is 6.16. The first-order chi connectivity index (χ1) is 11.3. The van der Waals surface area contributed by atoms with Crippen LogP contribution in [0.2, 0.25) is 0 Å². The highest BCUT2D eigenvalue weighted by Crippen LogP contribution is 2.37. The Morgan fingerprint density at radius 2 is 2.30 bits per heavy atom. The van der Waals surface area contributed by atoms with Crippen LogP contribution in [0.25, 0.3) is 0 Å². The van der Waals surface area contributed by atoms with Gasteiger partial charge < -0.3 is 19.8 Å². The molecule has 0 radical (unpaired) electrons. The van der Waals surface area contributed by atoms with Gasteiger partial charge in [0.15, 0.2) is 5.96 Å². The summed E-state index contributed by atoms with van der Waals surface area (Å²) in [5.41, 5.74) is 0.105. The Morgan fingerprint density at radius 3 is 3.04 bits per heavy atom. The van der Waals surface area contributed by atoms with E-state index < -0.39 is 0 Å². The van der Waals surface area contributed by atoms with Gasteiger partial charge in [-0.05, 0) is 49.3 Å². The van der Waals surface area contributed by atoms with Crippen LogP contribution in [0.3, 0.4) is 0 Å². The highest BCUT2D eigenvalue weighted by molar-refractivity contribution is 7.99. The predicted molar refractivity (Wildman–Crippen MR) is 95.2 cm³/mol. The molecule has 0 aromatic carbocycles. The van der Waals surface area contributed by atoms with Gasteiger partial charge in [0, 0.05) is 32.7 Å². The standard InChI is InChI=1S/C17H27N3O2S/c1-18-16(19-8-4-15-3-2-9-21-15)20-14-5-10-22-17(13-14)6-11-23-12-7-17/h2-3,9,14H,4-8,10-13H2,1H3,(H2,18,19,20). The van der Waals surface area contributed by atoms with Gasteiger partial charge >= 0.3 is 0 Å². The van der Waals surface area contributed by atoms with Gasteiger partial charge in [-0.15, -0.1) is 0 Å². The van der Waals surface area contributed by atoms with Crippen molar-refractivity contribution in [3.05, 3.63) is 24.2 Å². The summed E-state index contributed by atoms with van der Waals surface area (Å²) in [6.07, 6.45) is 7.08. The van der Waals surface area contributed by atoms with E-state index in [1.165, 1.54) is 24.3 Å². The van der Waals surface area contributed by atoms with Crippen molar-refractivity contribution in [2.75, 3.05) is 31.7 Å². The van der Waals surface area contributed by atoms with Crippen LogP contribution in [0, 0.1) is 0 Å². The maximum Gasteiger partial charge on any atom is 0.191 e. The molecule has 1 unspecified atom stereocenters. The van der Waals surface area contributed by atoms with Gasteiger partial charge in [0.2, 0.25) is 0 Å². The van der Waals surface area contributed by atoms with Crippen LogP contribution in [0.1, 0.15) is 31.4 Å². The van der Waals surface area contributed by atoms with Gasteiger partial charge in [-0.1, -0.05) is 0 Å². The van der Waals surface area contributed by atoms with E-state index in [4.69, 9.17) is 9.15 Å². The molecule has 0 amide bonds. The molecule has 2 aliphatic rings. The summed E-state index contributed by atoms with van der Waals surface area (Å²) in [5, 5.41) is 6.96. The molecule has 3 rings (SSSR count). The fourth-order valence-corrected chi connectivity index (χ4v) is 4.63. The lowest BCUT2D eigenvalue weighted by atomic mass is 9.85. The molecular weight excluding hydrogens is 310 g/mol. The minimum Gasteiger partial charge on any atom is -0.469 e. The molecule has 0 saturated carbocycles. The Bertz CT molecular complexity index is 492. The molecule has 2 aliphatic heterocycles. The van der Waals surface area contributed by atoms with Gasteiger partial charge in [-0.2, -0.15) is 11.8 Å². The van der Waals surface area contributed by atoms with Crippen molar-refractivity contribution in [3.8, 4) is 0 Å². The van der Waals surface area contributed by atoms with Crippen molar-refractivity contribution in [3.63, 3.8) is 0 Å². The zero-order valence-electron chi connectivity index (χ0n) is 13.8. The fourth-order valence-electron chi connectivity index (χ4n) is 3.39. The van der Waals surface area contributed by atoms with Crippen LogP contribution < -0.4 is 10.6 Å². The lowest BCUT2D eigenvalue weighted by Gasteiger charge is -2.43. The average molecular weight is 337 g/mol. The number of nitrogens with zero attached hydrogens (tertiary/aromatic N) is 1. The van der Waals surface area contributed by atoms with E-state index in [9.17, 15) is 0 Å². The number of furan rings is 1. The normalized spacial score (nSPS) is 24.6. The molecule has 1 atom stereocenters. The van der Waals surface area contributed by atoms with E-state index in [1.807, 2.05) is 30.9 Å². The molecule has 6 heteroatoms. The third-order valence-electron chi connectivity index (χ3n) is 4.71. The number of hydrogen-bond donors (Lipinski definition) is 2. The number of aliphatic imine (C=N–C) groups is 1. The van der Waals surface area contributed by atoms with E-state index in [0.29, 0.717) is 6.04 Å². The molecule has 1 aromatic rings. The Hall–Kier alpha value is -1.14. The molecule has 2 fully saturated rings. The second-order valence-corrected chi connectivity index (χ2v) is 7.53. The van der Waals surface area contributed by atoms with Gasteiger partial charge in [0.25, 0.3) is 0 Å². The molecule has 128 valence electrons. The first-order valence-electron chi connectivity index (χ1n) is 8.51. The third-order valence-corrected chi connectivity index (χ3v) is 5.69. The largest absolute Gasteiger partial charge is 0.469 e. The molecule has 3 heterocycles. The highest BCUT2D eigenvalue weighted by atomic mass is 32.2. The quantitative estimate of drug-likeness (QED) is 0.653. The van der Waals surface area contributed by atoms with Crippen molar-refractivity contribution in [2.45, 2.75) is 43.7 Å². The zero-order valence-corrected chi connectivity index (χ0v) is 14.7. The van der Waals surface area contributed by atoms with Crippen molar-refractivity contribution in [2.24, 2.45) is 4.99 Å². The summed E-state index contributed by atoms with van der Waals surface area (Å²) in [5.74, 6) is 4.33. The second kappa shape index (κ2) is 8.11. The van der Waals surface area contributed by atoms with Crippen molar-refractivity contribution < 1.29 is 9.15 Å². The molecular formula is C17H27N3O2S. The van der Waals surface area contributed by atoms with Gasteiger partial charge in [0.05, 0.1) is 11.9 Å². The lowest BCUT2D eigenvalue weighted by Crippen LogP contribution is -2.52. The number of rotatable bonds is 4. The molecule has 2 saturated heterocycles. The number of hydrogen-bond acceptors (Lipinski definition) is 4. The van der Waals surface area contributed by atoms with Crippen LogP contribution in [0.5, 0.6) is 0 Å². The average Bonchev–Trinajstić information content (AvgIpc) is 3.08. The minimum atomic E-state index is 0.105. The Balaban J connectivity index is 1.46. The second-order valence-electron chi connectivity index (χ2n) is 6.31. The third kappa shape index (κ3) is 4.67. The van der Waals surface area contributed by atoms with Crippen molar-refractivity contribution >= 4 is 17.7 Å². The molecule has 1 aromatic heterocycles. The maximum absolute atomic E-state index is 6.16. The zero-order chi connectivity index (χ0) is 16.0. The summed E-state index contributed by atoms with van der Waals surface area (Å²) in [7, 11) is 1.83. The van der Waals surface area contributed by atoms with E-state index in [0.717, 1.165) is 44.1 Å². The van der Waals surface area contributed by atoms with E-state index in [-0.39, 0.29) is 5.60 Å². The van der Waals surface area contributed by atoms with E-state index in [1.54, 1.807) is 6.26 Å². The van der Waals surface area contributed by atoms with Crippen LogP contribution in [0.4, 0.5) is 0 Å². The van der Waals surface area contributed by atoms with Crippen molar-refractivity contribution in [1.29, 1.82) is 0 Å². The summed E-state index contributed by atoms with van der Waals surface area (Å²) in [6, 6.07) is 4.37. The van der Waals surface area contributed by atoms with Gasteiger partial charge in [0.1, 0.15) is 5.76 Å². The van der Waals surface area contributed by atoms with Gasteiger partial charge in [-0.3, -0.25) is 4.99 Å². The van der Waals surface area contributed by atoms with Gasteiger partial charge in [-0.25, -0.2) is 0 Å². The summed E-state index contributed by atoms with van der Waals surface area (Å²) < 4.78 is 11.5. The SMILES string of the molecule is CN=C(NCCc1ccco1)NC1CCOC2(CCSCC2)C1. The number of ether oxygens (including phenoxy) is 1. The number of guanidine groups is 1. The molecule has 1 spiro atoms. The highest BCUT2D eigenvalue weighted by Gasteiger charge is 2.38. The summed E-state index contributed by atoms with van der Waals surface area (Å²) >= 11 is 2.05. The summed E-state index contributed by atoms with van der Waals surface area (Å²) in [4.78, 5) is 4.35. The Morgan fingerprint density at radius 1 is 1.43 bits per heavy atom. The fraction of sp³-hybridized carbons (Fsp3) is 0.706. The molecule has 5 nitrogen and oxygen atoms in total. The molecule has 23 heavy (non-hydrogen) atoms. The van der Waals surface area contributed by atoms with Crippen LogP contribution in [-0.2, 0) is 11.2 Å². The van der Waals surface area contributed by atoms with Crippen molar-refractivity contribution in [1.82, 2.24) is 10.6 Å².